The molecule has 11 heteroatoms. The molecule has 6 nitrogen and oxygen atoms in total. The molecule has 1 fully saturated rings. The molecule has 1 N–H and O–H groups in total. The summed E-state index contributed by atoms with van der Waals surface area (Å²) in [5.41, 5.74) is 1.22. The van der Waals surface area contributed by atoms with Gasteiger partial charge in [0.2, 0.25) is 0 Å². The number of thiocarbonyl (C=S) groups is 1. The first-order chi connectivity index (χ1) is 15.2. The maximum Gasteiger partial charge on any atom is 0.266 e. The van der Waals surface area contributed by atoms with Crippen LogP contribution >= 0.6 is 63.1 Å². The highest BCUT2D eigenvalue weighted by Gasteiger charge is 2.30. The number of carbonyl (C=O) groups excluding carboxylic acids is 2. The van der Waals surface area contributed by atoms with Gasteiger partial charge in [-0.3, -0.25) is 14.5 Å². The summed E-state index contributed by atoms with van der Waals surface area (Å²) in [6, 6.07) is 8.27. The van der Waals surface area contributed by atoms with Gasteiger partial charge in [-0.15, -0.1) is 0 Å². The van der Waals surface area contributed by atoms with E-state index in [0.717, 1.165) is 5.56 Å². The van der Waals surface area contributed by atoms with Crippen LogP contribution in [0.2, 0.25) is 10.0 Å². The molecule has 0 atom stereocenters. The van der Waals surface area contributed by atoms with Crippen LogP contribution in [0.25, 0.3) is 6.08 Å². The van der Waals surface area contributed by atoms with Gasteiger partial charge < -0.3 is 14.8 Å². The van der Waals surface area contributed by atoms with Gasteiger partial charge in [0.15, 0.2) is 18.1 Å². The monoisotopic (exact) mass is 574 g/mol. The smallest absolute Gasteiger partial charge is 0.266 e. The van der Waals surface area contributed by atoms with Crippen molar-refractivity contribution in [2.24, 2.45) is 0 Å². The lowest BCUT2D eigenvalue weighted by Crippen LogP contribution is -2.27. The highest BCUT2D eigenvalue weighted by Crippen LogP contribution is 2.39. The molecule has 0 bridgehead atoms. The lowest BCUT2D eigenvalue weighted by atomic mass is 10.2. The fourth-order valence-electron chi connectivity index (χ4n) is 2.80. The van der Waals surface area contributed by atoms with E-state index < -0.39 is 0 Å². The van der Waals surface area contributed by atoms with E-state index in [1.807, 2.05) is 6.92 Å². The molecular weight excluding hydrogens is 559 g/mol. The minimum atomic E-state index is -0.385. The topological polar surface area (TPSA) is 67.9 Å². The van der Waals surface area contributed by atoms with E-state index >= 15 is 0 Å². The van der Waals surface area contributed by atoms with Crippen molar-refractivity contribution in [3.05, 3.63) is 55.3 Å². The molecule has 3 rings (SSSR count). The number of nitrogens with zero attached hydrogens (tertiary/aromatic N) is 1. The number of rotatable bonds is 7. The molecule has 2 aromatic carbocycles. The Balaban J connectivity index is 1.73. The number of likely N-dealkylation sites (N-methyl/N-ethyl adjacent to an activating group) is 1. The van der Waals surface area contributed by atoms with Gasteiger partial charge >= 0.3 is 0 Å². The second-order valence-corrected chi connectivity index (χ2v) is 9.77. The molecule has 0 aliphatic carbocycles. The molecule has 0 aromatic heterocycles. The van der Waals surface area contributed by atoms with E-state index in [-0.39, 0.29) is 18.4 Å². The zero-order chi connectivity index (χ0) is 23.4. The molecule has 1 heterocycles. The number of halogens is 3. The SMILES string of the molecule is CCN1C(=O)/C(=C/c2cc(Br)c(OCC(=O)Nc3ccc(Cl)c(Cl)c3)c(OC)c2)SC1=S. The van der Waals surface area contributed by atoms with Crippen molar-refractivity contribution in [3.8, 4) is 11.5 Å². The Morgan fingerprint density at radius 1 is 1.28 bits per heavy atom. The number of methoxy groups -OCH3 is 1. The lowest BCUT2D eigenvalue weighted by molar-refractivity contribution is -0.122. The van der Waals surface area contributed by atoms with Crippen molar-refractivity contribution in [3.63, 3.8) is 0 Å². The maximum absolute atomic E-state index is 12.4. The number of hydrogen-bond acceptors (Lipinski definition) is 6. The number of ether oxygens (including phenoxy) is 2. The van der Waals surface area contributed by atoms with Crippen LogP contribution in [0.1, 0.15) is 12.5 Å². The molecule has 168 valence electrons. The van der Waals surface area contributed by atoms with Crippen molar-refractivity contribution in [1.29, 1.82) is 0 Å². The van der Waals surface area contributed by atoms with E-state index in [0.29, 0.717) is 47.5 Å². The fraction of sp³-hybridized carbons (Fsp3) is 0.190. The van der Waals surface area contributed by atoms with Gasteiger partial charge in [-0.05, 0) is 64.8 Å². The number of anilines is 1. The van der Waals surface area contributed by atoms with Crippen molar-refractivity contribution in [1.82, 2.24) is 4.90 Å². The van der Waals surface area contributed by atoms with E-state index in [4.69, 9.17) is 44.9 Å². The Hall–Kier alpha value is -1.78. The van der Waals surface area contributed by atoms with E-state index in [1.165, 1.54) is 18.9 Å². The number of carbonyl (C=O) groups is 2. The van der Waals surface area contributed by atoms with Gasteiger partial charge in [0.05, 0.1) is 26.5 Å². The highest BCUT2D eigenvalue weighted by atomic mass is 79.9. The molecule has 1 saturated heterocycles. The summed E-state index contributed by atoms with van der Waals surface area (Å²) in [6.07, 6.45) is 1.74. The first-order valence-electron chi connectivity index (χ1n) is 9.24. The van der Waals surface area contributed by atoms with Crippen LogP contribution < -0.4 is 14.8 Å². The quantitative estimate of drug-likeness (QED) is 0.322. The Morgan fingerprint density at radius 2 is 2.03 bits per heavy atom. The molecule has 0 spiro atoms. The summed E-state index contributed by atoms with van der Waals surface area (Å²) in [7, 11) is 1.49. The largest absolute Gasteiger partial charge is 0.493 e. The van der Waals surface area contributed by atoms with Crippen LogP contribution in [0, 0.1) is 0 Å². The van der Waals surface area contributed by atoms with Gasteiger partial charge in [-0.2, -0.15) is 0 Å². The third kappa shape index (κ3) is 5.77. The Kier molecular flexibility index (Phi) is 8.46. The zero-order valence-corrected chi connectivity index (χ0v) is 21.6. The second-order valence-electron chi connectivity index (χ2n) is 6.43. The average molecular weight is 576 g/mol. The number of hydrogen-bond donors (Lipinski definition) is 1. The molecule has 0 unspecified atom stereocenters. The van der Waals surface area contributed by atoms with Gasteiger partial charge in [-0.1, -0.05) is 47.2 Å². The summed E-state index contributed by atoms with van der Waals surface area (Å²) in [5.74, 6) is 0.246. The predicted molar refractivity (Wildman–Crippen MR) is 137 cm³/mol. The van der Waals surface area contributed by atoms with E-state index in [2.05, 4.69) is 21.2 Å². The first-order valence-corrected chi connectivity index (χ1v) is 12.0. The molecule has 1 aliphatic heterocycles. The maximum atomic E-state index is 12.4. The number of benzene rings is 2. The van der Waals surface area contributed by atoms with E-state index in [9.17, 15) is 9.59 Å². The fourth-order valence-corrected chi connectivity index (χ4v) is 5.05. The normalized spacial score (nSPS) is 14.8. The molecule has 32 heavy (non-hydrogen) atoms. The Bertz CT molecular complexity index is 1130. The minimum absolute atomic E-state index is 0.128. The first kappa shape index (κ1) is 24.9. The molecule has 2 amide bonds. The van der Waals surface area contributed by atoms with Gasteiger partial charge in [-0.25, -0.2) is 0 Å². The van der Waals surface area contributed by atoms with Crippen LogP contribution in [0.3, 0.4) is 0 Å². The molecular formula is C21H17BrCl2N2O4S2. The molecule has 0 radical (unpaired) electrons. The van der Waals surface area contributed by atoms with Gasteiger partial charge in [0.25, 0.3) is 11.8 Å². The summed E-state index contributed by atoms with van der Waals surface area (Å²) < 4.78 is 12.2. The van der Waals surface area contributed by atoms with Crippen LogP contribution in [0.15, 0.2) is 39.7 Å². The predicted octanol–water partition coefficient (Wildman–Crippen LogP) is 6.00. The molecule has 1 aliphatic rings. The Morgan fingerprint density at radius 3 is 2.66 bits per heavy atom. The van der Waals surface area contributed by atoms with Crippen LogP contribution in [0.4, 0.5) is 5.69 Å². The minimum Gasteiger partial charge on any atom is -0.493 e. The van der Waals surface area contributed by atoms with E-state index in [1.54, 1.807) is 41.3 Å². The molecule has 0 saturated carbocycles. The Labute approximate surface area is 213 Å². The van der Waals surface area contributed by atoms with Crippen LogP contribution in [-0.4, -0.2) is 41.3 Å². The second kappa shape index (κ2) is 10.9. The van der Waals surface area contributed by atoms with Crippen molar-refractivity contribution < 1.29 is 19.1 Å². The number of nitrogens with one attached hydrogen (secondary N) is 1. The summed E-state index contributed by atoms with van der Waals surface area (Å²) in [5, 5.41) is 3.42. The number of thioether (sulfide) groups is 1. The van der Waals surface area contributed by atoms with Crippen molar-refractivity contribution in [2.75, 3.05) is 25.6 Å². The zero-order valence-electron chi connectivity index (χ0n) is 16.9. The van der Waals surface area contributed by atoms with Gasteiger partial charge in [0, 0.05) is 12.2 Å². The average Bonchev–Trinajstić information content (AvgIpc) is 3.01. The lowest BCUT2D eigenvalue weighted by Gasteiger charge is -2.14. The third-order valence-electron chi connectivity index (χ3n) is 4.29. The highest BCUT2D eigenvalue weighted by molar-refractivity contribution is 9.10. The van der Waals surface area contributed by atoms with Gasteiger partial charge in [0.1, 0.15) is 4.32 Å². The van der Waals surface area contributed by atoms with Crippen molar-refractivity contribution in [2.45, 2.75) is 6.92 Å². The van der Waals surface area contributed by atoms with Crippen LogP contribution in [-0.2, 0) is 9.59 Å². The van der Waals surface area contributed by atoms with Crippen LogP contribution in [0.5, 0.6) is 11.5 Å². The standard InChI is InChI=1S/C21H17BrCl2N2O4S2/c1-3-26-20(28)17(32-21(26)31)8-11-6-13(22)19(16(7-11)29-2)30-10-18(27)25-12-4-5-14(23)15(24)9-12/h4-9H,3,10H2,1-2H3,(H,25,27)/b17-8-. The summed E-state index contributed by atoms with van der Waals surface area (Å²) in [6.45, 7) is 2.13. The van der Waals surface area contributed by atoms with Crippen molar-refractivity contribution >= 4 is 91.0 Å². The summed E-state index contributed by atoms with van der Waals surface area (Å²) >= 11 is 21.8. The molecule has 2 aromatic rings. The summed E-state index contributed by atoms with van der Waals surface area (Å²) in [4.78, 5) is 26.8. The third-order valence-corrected chi connectivity index (χ3v) is 7.00. The number of amides is 2.